The van der Waals surface area contributed by atoms with Crippen molar-refractivity contribution in [3.8, 4) is 11.5 Å². The van der Waals surface area contributed by atoms with Gasteiger partial charge in [-0.1, -0.05) is 0 Å². The van der Waals surface area contributed by atoms with Crippen molar-refractivity contribution in [2.45, 2.75) is 13.8 Å². The first-order chi connectivity index (χ1) is 5.46. The number of phenols is 2. The maximum Gasteiger partial charge on any atom is 0.204 e. The molecule has 1 rings (SSSR count). The van der Waals surface area contributed by atoms with Crippen molar-refractivity contribution >= 4 is 0 Å². The zero-order valence-electron chi connectivity index (χ0n) is 6.65. The largest absolute Gasteiger partial charge is 0.505 e. The van der Waals surface area contributed by atoms with Crippen molar-refractivity contribution in [1.29, 1.82) is 0 Å². The minimum Gasteiger partial charge on any atom is -0.505 e. The minimum absolute atomic E-state index is 0.145. The summed E-state index contributed by atoms with van der Waals surface area (Å²) in [5.41, 5.74) is 0.290. The van der Waals surface area contributed by atoms with Crippen molar-refractivity contribution in [1.82, 2.24) is 0 Å². The third kappa shape index (κ3) is 0.995. The van der Waals surface area contributed by atoms with Gasteiger partial charge < -0.3 is 10.2 Å². The summed E-state index contributed by atoms with van der Waals surface area (Å²) in [4.78, 5) is 0. The molecular weight excluding hydrogens is 166 g/mol. The van der Waals surface area contributed by atoms with Crippen molar-refractivity contribution in [2.24, 2.45) is 0 Å². The van der Waals surface area contributed by atoms with Gasteiger partial charge in [-0.2, -0.15) is 8.78 Å². The van der Waals surface area contributed by atoms with Crippen LogP contribution < -0.4 is 0 Å². The summed E-state index contributed by atoms with van der Waals surface area (Å²) < 4.78 is 25.3. The van der Waals surface area contributed by atoms with Crippen molar-refractivity contribution in [3.63, 3.8) is 0 Å². The quantitative estimate of drug-likeness (QED) is 0.590. The molecule has 2 N–H and O–H groups in total. The van der Waals surface area contributed by atoms with Crippen LogP contribution in [0.15, 0.2) is 0 Å². The monoisotopic (exact) mass is 174 g/mol. The summed E-state index contributed by atoms with van der Waals surface area (Å²) in [6.07, 6.45) is 0. The van der Waals surface area contributed by atoms with E-state index in [2.05, 4.69) is 0 Å². The van der Waals surface area contributed by atoms with Gasteiger partial charge in [-0.15, -0.1) is 0 Å². The van der Waals surface area contributed by atoms with E-state index in [1.165, 1.54) is 13.8 Å². The number of aromatic hydroxyl groups is 2. The van der Waals surface area contributed by atoms with Crippen LogP contribution in [0.5, 0.6) is 11.5 Å². The molecule has 12 heavy (non-hydrogen) atoms. The Labute approximate surface area is 68.1 Å². The van der Waals surface area contributed by atoms with E-state index in [1.54, 1.807) is 0 Å². The van der Waals surface area contributed by atoms with Crippen molar-refractivity contribution in [2.75, 3.05) is 0 Å². The molecule has 0 atom stereocenters. The van der Waals surface area contributed by atoms with Gasteiger partial charge in [0.25, 0.3) is 0 Å². The first-order valence-electron chi connectivity index (χ1n) is 3.33. The van der Waals surface area contributed by atoms with Crippen LogP contribution >= 0.6 is 0 Å². The van der Waals surface area contributed by atoms with Crippen LogP contribution in [0.2, 0.25) is 0 Å². The molecule has 1 aromatic rings. The van der Waals surface area contributed by atoms with Gasteiger partial charge in [0.2, 0.25) is 11.6 Å². The molecule has 0 amide bonds. The second-order valence-corrected chi connectivity index (χ2v) is 2.58. The normalized spacial score (nSPS) is 10.3. The van der Waals surface area contributed by atoms with E-state index < -0.39 is 23.1 Å². The van der Waals surface area contributed by atoms with Crippen molar-refractivity contribution < 1.29 is 19.0 Å². The Hall–Kier alpha value is -1.32. The number of halogens is 2. The van der Waals surface area contributed by atoms with Crippen LogP contribution in [0.4, 0.5) is 8.78 Å². The fourth-order valence-electron chi connectivity index (χ4n) is 0.892. The fourth-order valence-corrected chi connectivity index (χ4v) is 0.892. The Morgan fingerprint density at radius 2 is 1.08 bits per heavy atom. The van der Waals surface area contributed by atoms with Crippen LogP contribution in [0.25, 0.3) is 0 Å². The summed E-state index contributed by atoms with van der Waals surface area (Å²) in [5.74, 6) is -4.31. The Morgan fingerprint density at radius 1 is 0.833 bits per heavy atom. The minimum atomic E-state index is -1.41. The lowest BCUT2D eigenvalue weighted by Crippen LogP contribution is -1.93. The summed E-state index contributed by atoms with van der Waals surface area (Å²) in [6, 6.07) is 0. The van der Waals surface area contributed by atoms with Crippen LogP contribution in [0.1, 0.15) is 11.1 Å². The molecule has 0 aliphatic heterocycles. The van der Waals surface area contributed by atoms with E-state index in [1.807, 2.05) is 0 Å². The third-order valence-electron chi connectivity index (χ3n) is 1.88. The number of hydrogen-bond donors (Lipinski definition) is 2. The smallest absolute Gasteiger partial charge is 0.204 e. The number of benzene rings is 1. The number of phenolic OH excluding ortho intramolecular Hbond substituents is 2. The second-order valence-electron chi connectivity index (χ2n) is 2.58. The molecule has 0 bridgehead atoms. The van der Waals surface area contributed by atoms with Crippen LogP contribution in [0, 0.1) is 25.5 Å². The van der Waals surface area contributed by atoms with Gasteiger partial charge in [-0.05, 0) is 13.8 Å². The second kappa shape index (κ2) is 2.62. The topological polar surface area (TPSA) is 40.5 Å². The summed E-state index contributed by atoms with van der Waals surface area (Å²) in [5, 5.41) is 17.9. The van der Waals surface area contributed by atoms with Gasteiger partial charge in [0.15, 0.2) is 11.5 Å². The molecule has 1 aromatic carbocycles. The van der Waals surface area contributed by atoms with E-state index in [9.17, 15) is 8.78 Å². The molecule has 0 aromatic heterocycles. The molecule has 4 heteroatoms. The fraction of sp³-hybridized carbons (Fsp3) is 0.250. The molecule has 0 fully saturated rings. The summed E-state index contributed by atoms with van der Waals surface area (Å²) in [6.45, 7) is 2.79. The maximum atomic E-state index is 12.6. The molecule has 0 aliphatic carbocycles. The highest BCUT2D eigenvalue weighted by atomic mass is 19.2. The number of hydrogen-bond acceptors (Lipinski definition) is 2. The zero-order chi connectivity index (χ0) is 9.46. The molecule has 0 saturated heterocycles. The molecule has 0 heterocycles. The SMILES string of the molecule is Cc1c(C)c(O)c(F)c(F)c1O. The van der Waals surface area contributed by atoms with E-state index in [4.69, 9.17) is 10.2 Å². The highest BCUT2D eigenvalue weighted by Crippen LogP contribution is 2.33. The van der Waals surface area contributed by atoms with Gasteiger partial charge >= 0.3 is 0 Å². The Kier molecular flexibility index (Phi) is 1.92. The first kappa shape index (κ1) is 8.77. The Morgan fingerprint density at radius 3 is 1.33 bits per heavy atom. The van der Waals surface area contributed by atoms with Gasteiger partial charge in [0.05, 0.1) is 0 Å². The Bertz CT molecular complexity index is 229. The van der Waals surface area contributed by atoms with Crippen LogP contribution in [0.3, 0.4) is 0 Å². The lowest BCUT2D eigenvalue weighted by molar-refractivity contribution is 0.369. The lowest BCUT2D eigenvalue weighted by Gasteiger charge is -2.07. The molecule has 0 spiro atoms. The standard InChI is InChI=1S/C8H8F2O2/c1-3-4(2)8(12)6(10)5(9)7(3)11/h11-12H,1-2H3. The summed E-state index contributed by atoms with van der Waals surface area (Å²) >= 11 is 0. The van der Waals surface area contributed by atoms with E-state index in [0.29, 0.717) is 0 Å². The molecule has 0 saturated carbocycles. The first-order valence-corrected chi connectivity index (χ1v) is 3.33. The zero-order valence-corrected chi connectivity index (χ0v) is 6.65. The Balaban J connectivity index is 3.60. The molecule has 66 valence electrons. The maximum absolute atomic E-state index is 12.6. The van der Waals surface area contributed by atoms with Crippen molar-refractivity contribution in [3.05, 3.63) is 22.8 Å². The highest BCUT2D eigenvalue weighted by Gasteiger charge is 2.18. The van der Waals surface area contributed by atoms with Crippen LogP contribution in [-0.4, -0.2) is 10.2 Å². The third-order valence-corrected chi connectivity index (χ3v) is 1.88. The van der Waals surface area contributed by atoms with Crippen LogP contribution in [-0.2, 0) is 0 Å². The van der Waals surface area contributed by atoms with Gasteiger partial charge in [0, 0.05) is 11.1 Å². The molecule has 0 unspecified atom stereocenters. The average Bonchev–Trinajstić information content (AvgIpc) is 2.08. The molecule has 0 radical (unpaired) electrons. The average molecular weight is 174 g/mol. The predicted molar refractivity (Wildman–Crippen MR) is 39.2 cm³/mol. The number of rotatable bonds is 0. The van der Waals surface area contributed by atoms with Gasteiger partial charge in [-0.3, -0.25) is 0 Å². The van der Waals surface area contributed by atoms with E-state index >= 15 is 0 Å². The highest BCUT2D eigenvalue weighted by molar-refractivity contribution is 5.47. The molecule has 0 aliphatic rings. The molecule has 2 nitrogen and oxygen atoms in total. The van der Waals surface area contributed by atoms with E-state index in [-0.39, 0.29) is 11.1 Å². The van der Waals surface area contributed by atoms with Gasteiger partial charge in [0.1, 0.15) is 0 Å². The van der Waals surface area contributed by atoms with Gasteiger partial charge in [-0.25, -0.2) is 0 Å². The lowest BCUT2D eigenvalue weighted by atomic mass is 10.1. The van der Waals surface area contributed by atoms with E-state index in [0.717, 1.165) is 0 Å². The molecular formula is C8H8F2O2. The summed E-state index contributed by atoms with van der Waals surface area (Å²) in [7, 11) is 0. The predicted octanol–water partition coefficient (Wildman–Crippen LogP) is 1.99.